The van der Waals surface area contributed by atoms with E-state index in [-0.39, 0.29) is 62.4 Å². The molecule has 0 spiro atoms. The van der Waals surface area contributed by atoms with Crippen LogP contribution in [0.5, 0.6) is 0 Å². The summed E-state index contributed by atoms with van der Waals surface area (Å²) in [6, 6.07) is 11.2. The maximum absolute atomic E-state index is 14.4. The molecule has 0 aliphatic heterocycles. The van der Waals surface area contributed by atoms with Crippen molar-refractivity contribution in [1.29, 1.82) is 5.26 Å². The molecule has 4 aromatic rings. The summed E-state index contributed by atoms with van der Waals surface area (Å²) in [6.45, 7) is 2.78. The number of aromatic nitrogens is 1. The van der Waals surface area contributed by atoms with Crippen LogP contribution in [0.1, 0.15) is 52.2 Å². The van der Waals surface area contributed by atoms with Gasteiger partial charge < -0.3 is 24.7 Å². The number of carboxylic acids is 1. The fraction of sp³-hybridized carbons (Fsp3) is 0.200. The number of halogens is 3. The third-order valence-electron chi connectivity index (χ3n) is 6.93. The zero-order valence-electron chi connectivity index (χ0n) is 23.7. The quantitative estimate of drug-likeness (QED) is 0.271. The summed E-state index contributed by atoms with van der Waals surface area (Å²) >= 11 is 0. The Labute approximate surface area is 248 Å². The van der Waals surface area contributed by atoms with E-state index in [9.17, 15) is 37.5 Å². The van der Waals surface area contributed by atoms with Crippen LogP contribution in [0.3, 0.4) is 0 Å². The number of hydrogen-bond donors (Lipinski definition) is 2. The van der Waals surface area contributed by atoms with E-state index in [4.69, 9.17) is 9.78 Å². The number of anilines is 3. The first-order valence-electron chi connectivity index (χ1n) is 12.9. The number of hydrogen-bond acceptors (Lipinski definition) is 7. The highest BCUT2D eigenvalue weighted by Gasteiger charge is 2.36. The van der Waals surface area contributed by atoms with Crippen molar-refractivity contribution in [3.05, 3.63) is 70.9 Å². The molecule has 1 aromatic heterocycles. The van der Waals surface area contributed by atoms with Gasteiger partial charge in [-0.2, -0.15) is 18.4 Å². The van der Waals surface area contributed by atoms with Crippen LogP contribution in [0.15, 0.2) is 53.1 Å². The average molecular weight is 608 g/mol. The number of amides is 3. The molecule has 0 aliphatic rings. The summed E-state index contributed by atoms with van der Waals surface area (Å²) in [7, 11) is 2.70. The number of rotatable bonds is 7. The van der Waals surface area contributed by atoms with Crippen LogP contribution in [0.2, 0.25) is 0 Å². The lowest BCUT2D eigenvalue weighted by molar-refractivity contribution is -0.137. The van der Waals surface area contributed by atoms with Gasteiger partial charge in [-0.25, -0.2) is 4.79 Å². The second-order valence-electron chi connectivity index (χ2n) is 9.64. The summed E-state index contributed by atoms with van der Waals surface area (Å²) in [5, 5.41) is 24.8. The third-order valence-corrected chi connectivity index (χ3v) is 6.93. The molecular formula is C30H24F3N5O6. The van der Waals surface area contributed by atoms with Crippen molar-refractivity contribution in [2.24, 2.45) is 0 Å². The van der Waals surface area contributed by atoms with Crippen LogP contribution < -0.4 is 15.1 Å². The Hall–Kier alpha value is -5.71. The molecule has 0 bridgehead atoms. The monoisotopic (exact) mass is 607 g/mol. The summed E-state index contributed by atoms with van der Waals surface area (Å²) < 4.78 is 48.4. The number of nitrogens with zero attached hydrogens (tertiary/aromatic N) is 4. The normalized spacial score (nSPS) is 11.1. The van der Waals surface area contributed by atoms with Crippen LogP contribution >= 0.6 is 0 Å². The molecule has 1 heterocycles. The molecule has 3 amide bonds. The molecular weight excluding hydrogens is 583 g/mol. The highest BCUT2D eigenvalue weighted by Crippen LogP contribution is 2.44. The van der Waals surface area contributed by atoms with Gasteiger partial charge in [0, 0.05) is 38.7 Å². The molecule has 0 radical (unpaired) electrons. The van der Waals surface area contributed by atoms with E-state index in [0.717, 1.165) is 21.9 Å². The van der Waals surface area contributed by atoms with E-state index in [2.05, 4.69) is 10.5 Å². The van der Waals surface area contributed by atoms with E-state index in [1.54, 1.807) is 6.92 Å². The summed E-state index contributed by atoms with van der Waals surface area (Å²) in [4.78, 5) is 51.7. The van der Waals surface area contributed by atoms with Crippen LogP contribution in [0.4, 0.5) is 30.2 Å². The molecule has 0 fully saturated rings. The van der Waals surface area contributed by atoms with Gasteiger partial charge in [-0.05, 0) is 48.0 Å². The van der Waals surface area contributed by atoms with Gasteiger partial charge in [0.25, 0.3) is 5.91 Å². The molecule has 14 heteroatoms. The van der Waals surface area contributed by atoms with Gasteiger partial charge in [-0.3, -0.25) is 14.4 Å². The molecule has 11 nitrogen and oxygen atoms in total. The number of aromatic carboxylic acids is 1. The highest BCUT2D eigenvalue weighted by molar-refractivity contribution is 6.14. The zero-order valence-corrected chi connectivity index (χ0v) is 23.7. The van der Waals surface area contributed by atoms with Crippen molar-refractivity contribution in [2.75, 3.05) is 29.2 Å². The van der Waals surface area contributed by atoms with Gasteiger partial charge in [-0.15, -0.1) is 0 Å². The fourth-order valence-electron chi connectivity index (χ4n) is 4.47. The Kier molecular flexibility index (Phi) is 8.43. The average Bonchev–Trinajstić information content (AvgIpc) is 3.41. The SMILES string of the molecule is CCC(=O)N(C)c1cc2c(C(=O)Nc3ccc(C#N)cc3C(=O)O)noc2cc1-c1ccc(N(C)C(C)=O)cc1C(F)(F)F. The summed E-state index contributed by atoms with van der Waals surface area (Å²) in [5.41, 5.74) is -2.35. The van der Waals surface area contributed by atoms with E-state index < -0.39 is 35.4 Å². The fourth-order valence-corrected chi connectivity index (χ4v) is 4.47. The first-order chi connectivity index (χ1) is 20.7. The van der Waals surface area contributed by atoms with Crippen molar-refractivity contribution in [3.63, 3.8) is 0 Å². The molecule has 44 heavy (non-hydrogen) atoms. The molecule has 0 saturated carbocycles. The Morgan fingerprint density at radius 3 is 2.32 bits per heavy atom. The zero-order chi connectivity index (χ0) is 32.5. The number of fused-ring (bicyclic) bond motifs is 1. The smallest absolute Gasteiger partial charge is 0.417 e. The van der Waals surface area contributed by atoms with Gasteiger partial charge >= 0.3 is 12.1 Å². The standard InChI is InChI=1S/C30H24F3N5O6/c1-5-26(40)38(4)24-12-21-25(13-19(24)18-8-7-17(37(3)15(2)39)11-22(18)30(31,32)33)44-36-27(21)28(41)35-23-9-6-16(14-34)10-20(23)29(42)43/h6-13H,5H2,1-4H3,(H,35,41)(H,42,43). The van der Waals surface area contributed by atoms with Crippen molar-refractivity contribution < 1.29 is 42.0 Å². The Morgan fingerprint density at radius 2 is 1.73 bits per heavy atom. The second-order valence-corrected chi connectivity index (χ2v) is 9.64. The van der Waals surface area contributed by atoms with Gasteiger partial charge in [0.05, 0.1) is 39.5 Å². The largest absolute Gasteiger partial charge is 0.478 e. The van der Waals surface area contributed by atoms with E-state index in [0.29, 0.717) is 0 Å². The molecule has 4 rings (SSSR count). The van der Waals surface area contributed by atoms with E-state index in [1.807, 2.05) is 6.07 Å². The van der Waals surface area contributed by atoms with Crippen LogP contribution in [-0.4, -0.2) is 48.0 Å². The molecule has 0 saturated heterocycles. The molecule has 3 aromatic carbocycles. The molecule has 0 aliphatic carbocycles. The van der Waals surface area contributed by atoms with E-state index in [1.165, 1.54) is 57.4 Å². The van der Waals surface area contributed by atoms with Crippen molar-refractivity contribution in [3.8, 4) is 17.2 Å². The minimum atomic E-state index is -4.86. The van der Waals surface area contributed by atoms with Gasteiger partial charge in [0.1, 0.15) is 0 Å². The van der Waals surface area contributed by atoms with Crippen molar-refractivity contribution >= 4 is 51.7 Å². The third kappa shape index (κ3) is 5.93. The summed E-state index contributed by atoms with van der Waals surface area (Å²) in [6.07, 6.45) is -4.85. The maximum atomic E-state index is 14.4. The second kappa shape index (κ2) is 11.9. The number of benzene rings is 3. The lowest BCUT2D eigenvalue weighted by Crippen LogP contribution is -2.26. The molecule has 0 unspecified atom stereocenters. The van der Waals surface area contributed by atoms with Crippen LogP contribution in [-0.2, 0) is 15.8 Å². The lowest BCUT2D eigenvalue weighted by atomic mass is 9.95. The van der Waals surface area contributed by atoms with Crippen LogP contribution in [0, 0.1) is 11.3 Å². The predicted molar refractivity (Wildman–Crippen MR) is 153 cm³/mol. The number of nitriles is 1. The van der Waals surface area contributed by atoms with E-state index >= 15 is 0 Å². The Bertz CT molecular complexity index is 1880. The van der Waals surface area contributed by atoms with Crippen molar-refractivity contribution in [1.82, 2.24) is 5.16 Å². The Balaban J connectivity index is 1.91. The van der Waals surface area contributed by atoms with Gasteiger partial charge in [-0.1, -0.05) is 18.1 Å². The van der Waals surface area contributed by atoms with Gasteiger partial charge in [0.15, 0.2) is 11.3 Å². The maximum Gasteiger partial charge on any atom is 0.417 e. The predicted octanol–water partition coefficient (Wildman–Crippen LogP) is 5.69. The Morgan fingerprint density at radius 1 is 1.02 bits per heavy atom. The number of nitrogens with one attached hydrogen (secondary N) is 1. The minimum absolute atomic E-state index is 0.00338. The minimum Gasteiger partial charge on any atom is -0.478 e. The number of alkyl halides is 3. The molecule has 2 N–H and O–H groups in total. The first kappa shape index (κ1) is 31.2. The lowest BCUT2D eigenvalue weighted by Gasteiger charge is -2.24. The topological polar surface area (TPSA) is 157 Å². The van der Waals surface area contributed by atoms with Crippen molar-refractivity contribution in [2.45, 2.75) is 26.4 Å². The molecule has 0 atom stereocenters. The van der Waals surface area contributed by atoms with Gasteiger partial charge in [0.2, 0.25) is 11.8 Å². The summed E-state index contributed by atoms with van der Waals surface area (Å²) in [5.74, 6) is -3.25. The number of carbonyl (C=O) groups excluding carboxylic acids is 3. The first-order valence-corrected chi connectivity index (χ1v) is 12.9. The highest BCUT2D eigenvalue weighted by atomic mass is 19.4. The number of carboxylic acid groups (broad SMARTS) is 1. The van der Waals surface area contributed by atoms with Crippen LogP contribution in [0.25, 0.3) is 22.1 Å². The molecule has 226 valence electrons. The number of carbonyl (C=O) groups is 4.